The number of methoxy groups -OCH3 is 1. The lowest BCUT2D eigenvalue weighted by molar-refractivity contribution is -0.175. The van der Waals surface area contributed by atoms with Crippen LogP contribution in [0.5, 0.6) is 0 Å². The van der Waals surface area contributed by atoms with Gasteiger partial charge in [-0.15, -0.1) is 0 Å². The number of aliphatic hydroxyl groups excluding tert-OH is 4. The molecule has 6 aliphatic rings. The molecule has 2 saturated heterocycles. The van der Waals surface area contributed by atoms with Crippen molar-refractivity contribution in [3.63, 3.8) is 0 Å². The van der Waals surface area contributed by atoms with Crippen molar-refractivity contribution in [1.29, 1.82) is 0 Å². The van der Waals surface area contributed by atoms with Crippen LogP contribution in [-0.2, 0) is 37.4 Å². The van der Waals surface area contributed by atoms with Crippen molar-refractivity contribution < 1.29 is 57.8 Å². The molecule has 0 spiro atoms. The van der Waals surface area contributed by atoms with E-state index in [-0.39, 0.29) is 41.5 Å². The largest absolute Gasteiger partial charge is 0.454 e. The number of nitrogens with two attached hydrogens (primary N) is 1. The van der Waals surface area contributed by atoms with Crippen LogP contribution < -0.4 is 17.0 Å². The highest BCUT2D eigenvalue weighted by Gasteiger charge is 2.64. The molecule has 4 aliphatic carbocycles. The Balaban J connectivity index is 0.830. The number of esters is 1. The molecule has 18 atom stereocenters. The van der Waals surface area contributed by atoms with E-state index in [9.17, 15) is 39.4 Å². The zero-order chi connectivity index (χ0) is 49.0. The van der Waals surface area contributed by atoms with Crippen LogP contribution in [0.1, 0.15) is 110 Å². The van der Waals surface area contributed by atoms with Crippen LogP contribution in [0.4, 0.5) is 5.82 Å². The fraction of sp³-hybridized carbons (Fsp3) is 0.783. The van der Waals surface area contributed by atoms with Gasteiger partial charge in [0.25, 0.3) is 5.56 Å². The number of carbonyl (C=O) groups is 1. The number of aromatic nitrogens is 6. The summed E-state index contributed by atoms with van der Waals surface area (Å²) in [5.74, 6) is 1.80. The van der Waals surface area contributed by atoms with Crippen LogP contribution in [0.15, 0.2) is 34.5 Å². The van der Waals surface area contributed by atoms with Crippen molar-refractivity contribution in [1.82, 2.24) is 29.1 Å². The van der Waals surface area contributed by atoms with Gasteiger partial charge in [0.1, 0.15) is 48.4 Å². The zero-order valence-corrected chi connectivity index (χ0v) is 41.3. The van der Waals surface area contributed by atoms with Gasteiger partial charge >= 0.3 is 18.5 Å². The molecule has 3 aromatic heterocycles. The predicted octanol–water partition coefficient (Wildman–Crippen LogP) is 4.05. The molecule has 6 fully saturated rings. The summed E-state index contributed by atoms with van der Waals surface area (Å²) in [5.41, 5.74) is 5.21. The first kappa shape index (κ1) is 50.7. The van der Waals surface area contributed by atoms with E-state index in [0.29, 0.717) is 58.6 Å². The van der Waals surface area contributed by atoms with E-state index in [1.54, 1.807) is 4.57 Å². The second-order valence-electron chi connectivity index (χ2n) is 20.8. The highest BCUT2D eigenvalue weighted by atomic mass is 32.7. The first-order valence-corrected chi connectivity index (χ1v) is 27.6. The van der Waals surface area contributed by atoms with Crippen molar-refractivity contribution in [2.45, 2.75) is 153 Å². The predicted molar refractivity (Wildman–Crippen MR) is 250 cm³/mol. The number of H-pyrrole nitrogens is 1. The summed E-state index contributed by atoms with van der Waals surface area (Å²) in [6.45, 7) is 1.44. The average molecular weight is 1010 g/mol. The summed E-state index contributed by atoms with van der Waals surface area (Å²) < 4.78 is 53.0. The minimum atomic E-state index is -4.44. The Morgan fingerprint density at radius 3 is 2.61 bits per heavy atom. The van der Waals surface area contributed by atoms with E-state index in [4.69, 9.17) is 33.7 Å². The molecule has 12 unspecified atom stereocenters. The first-order chi connectivity index (χ1) is 33.0. The molecule has 7 N–H and O–H groups in total. The second-order valence-corrected chi connectivity index (χ2v) is 24.8. The van der Waals surface area contributed by atoms with E-state index in [1.165, 1.54) is 26.0 Å². The van der Waals surface area contributed by atoms with Gasteiger partial charge in [-0.05, 0) is 111 Å². The van der Waals surface area contributed by atoms with Gasteiger partial charge in [0, 0.05) is 43.6 Å². The summed E-state index contributed by atoms with van der Waals surface area (Å²) in [4.78, 5) is 52.6. The Hall–Kier alpha value is -3.28. The van der Waals surface area contributed by atoms with Crippen LogP contribution in [0.3, 0.4) is 0 Å². The van der Waals surface area contributed by atoms with Crippen molar-refractivity contribution in [3.05, 3.63) is 45.8 Å². The molecule has 0 aromatic carbocycles. The summed E-state index contributed by atoms with van der Waals surface area (Å²) in [5, 5.41) is 44.0. The maximum Gasteiger partial charge on any atom is 0.392 e. The van der Waals surface area contributed by atoms with Crippen molar-refractivity contribution in [3.8, 4) is 0 Å². The number of aliphatic hydroxyl groups is 4. The molecule has 0 radical (unpaired) electrons. The molecule has 0 bridgehead atoms. The first-order valence-electron chi connectivity index (χ1n) is 24.4. The molecule has 23 heteroatoms. The maximum atomic E-state index is 14.8. The summed E-state index contributed by atoms with van der Waals surface area (Å²) in [6.07, 6.45) is 5.11. The van der Waals surface area contributed by atoms with Crippen LogP contribution in [-0.4, -0.2) is 124 Å². The number of carbonyl (C=O) groups excluding carboxylic acids is 1. The Labute approximate surface area is 403 Å². The van der Waals surface area contributed by atoms with Crippen molar-refractivity contribution in [2.75, 3.05) is 32.0 Å². The smallest absolute Gasteiger partial charge is 0.392 e. The molecule has 4 saturated carbocycles. The Kier molecular flexibility index (Phi) is 14.9. The van der Waals surface area contributed by atoms with E-state index < -0.39 is 92.2 Å². The Morgan fingerprint density at radius 2 is 1.84 bits per heavy atom. The molecule has 3 aromatic rings. The van der Waals surface area contributed by atoms with Gasteiger partial charge < -0.3 is 45.1 Å². The standard InChI is InChI=1S/C46H68N7O14PS/c1-24(28-10-11-29-27-9-8-25-16-26(55)12-14-45(25,2)30(27)17-34(57)46(28,29)3)6-5-7-37(59)63-23-69-68(61,67-39-32(19-54)66-43(40(39)62-4)52-15-13-35(58)51-44(52)60)64-20-33-31(56)18-36(65-33)53-22-50-38-41(47)48-21-49-42(38)53/h13,15,21-22,24-34,36,39-40,43,54-57H,5-12,14,16-20,23H2,1-4H3,(H2,47,48,49)(H,51,58,60)/t24?,25?,26?,27?,28?,29?,30?,31-,32-,33-,34?,36-,39?,40+,43-,45?,46?,68?/m1/s1. The number of hydrogen-bond acceptors (Lipinski definition) is 19. The Bertz CT molecular complexity index is 2480. The van der Waals surface area contributed by atoms with Crippen LogP contribution in [0, 0.1) is 46.3 Å². The van der Waals surface area contributed by atoms with Gasteiger partial charge in [-0.1, -0.05) is 20.8 Å². The second kappa shape index (κ2) is 20.3. The fourth-order valence-corrected chi connectivity index (χ4v) is 16.6. The normalized spacial score (nSPS) is 38.8. The highest BCUT2D eigenvalue weighted by Crippen LogP contribution is 2.69. The SMILES string of the molecule is CO[C@H]1C(OP(=O)(OC[C@H]2O[C@@H](n3cnc4c(N)ncnc43)C[C@H]2O)SCOC(=O)CCCC(C)C2CCC3C4CCC5CC(O)CCC5(C)C4CC(O)C23C)[C@@H](CO)O[C@H]1n1ccc(=O)[nH]c1=O. The van der Waals surface area contributed by atoms with E-state index in [2.05, 4.69) is 40.7 Å². The number of aromatic amines is 1. The Morgan fingerprint density at radius 1 is 1.03 bits per heavy atom. The third-order valence-corrected chi connectivity index (χ3v) is 20.7. The minimum Gasteiger partial charge on any atom is -0.454 e. The van der Waals surface area contributed by atoms with Crippen LogP contribution in [0.25, 0.3) is 11.2 Å². The lowest BCUT2D eigenvalue weighted by Gasteiger charge is -2.62. The van der Waals surface area contributed by atoms with Gasteiger partial charge in [0.2, 0.25) is 0 Å². The number of fused-ring (bicyclic) bond motifs is 6. The van der Waals surface area contributed by atoms with Gasteiger partial charge in [-0.2, -0.15) is 0 Å². The van der Waals surface area contributed by atoms with Crippen LogP contribution in [0.2, 0.25) is 0 Å². The number of rotatable bonds is 17. The fourth-order valence-electron chi connectivity index (χ4n) is 13.8. The number of ether oxygens (including phenoxy) is 4. The minimum absolute atomic E-state index is 0.0940. The van der Waals surface area contributed by atoms with Crippen LogP contribution >= 0.6 is 18.2 Å². The van der Waals surface area contributed by atoms with E-state index in [0.717, 1.165) is 68.4 Å². The lowest BCUT2D eigenvalue weighted by atomic mass is 9.43. The van der Waals surface area contributed by atoms with Gasteiger partial charge in [-0.25, -0.2) is 24.3 Å². The molecule has 9 rings (SSSR count). The average Bonchev–Trinajstić information content (AvgIpc) is 4.09. The lowest BCUT2D eigenvalue weighted by Crippen LogP contribution is -2.58. The van der Waals surface area contributed by atoms with Gasteiger partial charge in [0.05, 0.1) is 37.9 Å². The number of hydrogen-bond donors (Lipinski definition) is 6. The number of nitrogens with zero attached hydrogens (tertiary/aromatic N) is 5. The summed E-state index contributed by atoms with van der Waals surface area (Å²) >= 11 is 0.577. The topological polar surface area (TPSA) is 295 Å². The molecule has 0 amide bonds. The maximum absolute atomic E-state index is 14.8. The third kappa shape index (κ3) is 9.62. The molecule has 69 heavy (non-hydrogen) atoms. The third-order valence-electron chi connectivity index (χ3n) is 17.4. The molecule has 5 heterocycles. The summed E-state index contributed by atoms with van der Waals surface area (Å²) in [6, 6.07) is 1.11. The van der Waals surface area contributed by atoms with E-state index >= 15 is 0 Å². The van der Waals surface area contributed by atoms with Gasteiger partial charge in [0.15, 0.2) is 17.7 Å². The molecule has 382 valence electrons. The zero-order valence-electron chi connectivity index (χ0n) is 39.6. The summed E-state index contributed by atoms with van der Waals surface area (Å²) in [7, 11) is 1.31. The molecule has 21 nitrogen and oxygen atoms in total. The number of nitrogen functional groups attached to an aromatic ring is 1. The van der Waals surface area contributed by atoms with Crippen molar-refractivity contribution >= 4 is 41.1 Å². The number of nitrogens with one attached hydrogen (secondary N) is 1. The molecule has 2 aliphatic heterocycles. The number of anilines is 1. The van der Waals surface area contributed by atoms with Gasteiger partial charge in [-0.3, -0.25) is 32.8 Å². The van der Waals surface area contributed by atoms with Crippen molar-refractivity contribution in [2.24, 2.45) is 46.3 Å². The van der Waals surface area contributed by atoms with E-state index in [1.807, 2.05) is 0 Å². The monoisotopic (exact) mass is 1010 g/mol. The highest BCUT2D eigenvalue weighted by molar-refractivity contribution is 8.55. The number of imidazole rings is 1. The molecular formula is C46H68N7O14PS. The molecular weight excluding hydrogens is 938 g/mol. The quantitative estimate of drug-likeness (QED) is 0.0631.